The smallest absolute Gasteiger partial charge is 0.255 e. The summed E-state index contributed by atoms with van der Waals surface area (Å²) in [6.07, 6.45) is 2.55. The normalized spacial score (nSPS) is 17.4. The molecule has 3 amide bonds. The van der Waals surface area contributed by atoms with Gasteiger partial charge >= 0.3 is 0 Å². The molecule has 12 heteroatoms. The Morgan fingerprint density at radius 2 is 2.02 bits per heavy atom. The van der Waals surface area contributed by atoms with Crippen molar-refractivity contribution in [2.75, 3.05) is 19.7 Å². The van der Waals surface area contributed by atoms with Crippen molar-refractivity contribution in [3.05, 3.63) is 75.8 Å². The van der Waals surface area contributed by atoms with Crippen LogP contribution >= 0.6 is 11.6 Å². The third-order valence-corrected chi connectivity index (χ3v) is 6.85. The van der Waals surface area contributed by atoms with Gasteiger partial charge in [-0.05, 0) is 50.1 Å². The Bertz CT molecular complexity index is 1360. The molecule has 4 rings (SSSR count). The maximum Gasteiger partial charge on any atom is 0.255 e. The van der Waals surface area contributed by atoms with Gasteiger partial charge in [0.25, 0.3) is 5.91 Å². The summed E-state index contributed by atoms with van der Waals surface area (Å²) in [7, 11) is 0. The Morgan fingerprint density at radius 1 is 1.20 bits per heavy atom. The minimum Gasteiger partial charge on any atom is -0.493 e. The van der Waals surface area contributed by atoms with E-state index in [-0.39, 0.29) is 48.5 Å². The molecule has 0 aliphatic carbocycles. The number of carbonyl (C=O) groups is 3. The SMILES string of the molecule is Cc1ccc2c(c1)OCCCn1cc(nn1)CN(C(=O)Cc1c(F)cccc1Cl)CCCNC(=O)[C@@H](C)NC2=O. The first-order chi connectivity index (χ1) is 19.2. The van der Waals surface area contributed by atoms with Crippen molar-refractivity contribution in [3.8, 4) is 5.75 Å². The fourth-order valence-corrected chi connectivity index (χ4v) is 4.52. The number of rotatable bonds is 2. The number of nitrogens with one attached hydrogen (secondary N) is 2. The lowest BCUT2D eigenvalue weighted by Crippen LogP contribution is -2.45. The average molecular weight is 571 g/mol. The second-order valence-corrected chi connectivity index (χ2v) is 10.1. The molecule has 1 aliphatic rings. The lowest BCUT2D eigenvalue weighted by molar-refractivity contribution is -0.131. The zero-order chi connectivity index (χ0) is 28.6. The van der Waals surface area contributed by atoms with Gasteiger partial charge in [-0.3, -0.25) is 19.1 Å². The molecule has 0 spiro atoms. The Labute approximate surface area is 236 Å². The van der Waals surface area contributed by atoms with E-state index in [0.29, 0.717) is 43.0 Å². The van der Waals surface area contributed by atoms with Gasteiger partial charge in [0, 0.05) is 36.6 Å². The van der Waals surface area contributed by atoms with Gasteiger partial charge < -0.3 is 20.3 Å². The van der Waals surface area contributed by atoms with E-state index in [2.05, 4.69) is 20.9 Å². The van der Waals surface area contributed by atoms with E-state index in [1.807, 2.05) is 13.0 Å². The summed E-state index contributed by atoms with van der Waals surface area (Å²) in [5.41, 5.74) is 1.98. The highest BCUT2D eigenvalue weighted by atomic mass is 35.5. The molecule has 2 bridgehead atoms. The standard InChI is InChI=1S/C28H32ClFN6O4/c1-18-8-9-21-25(14-18)40-13-5-12-36-17-20(33-34-36)16-35(11-4-10-31-27(38)19(2)32-28(21)39)26(37)15-22-23(29)6-3-7-24(22)30/h3,6-9,14,17,19H,4-5,10-13,15-16H2,1-2H3,(H,31,38)(H,32,39)/t19-/m1/s1. The van der Waals surface area contributed by atoms with Gasteiger partial charge in [0.05, 0.1) is 31.3 Å². The highest BCUT2D eigenvalue weighted by molar-refractivity contribution is 6.31. The molecule has 212 valence electrons. The Morgan fingerprint density at radius 3 is 2.83 bits per heavy atom. The maximum atomic E-state index is 14.4. The third-order valence-electron chi connectivity index (χ3n) is 6.50. The number of aromatic nitrogens is 3. The molecular formula is C28H32ClFN6O4. The summed E-state index contributed by atoms with van der Waals surface area (Å²) >= 11 is 6.15. The van der Waals surface area contributed by atoms with Crippen LogP contribution in [0.15, 0.2) is 42.6 Å². The van der Waals surface area contributed by atoms with Crippen LogP contribution in [-0.4, -0.2) is 63.4 Å². The molecule has 1 aromatic heterocycles. The van der Waals surface area contributed by atoms with Crippen molar-refractivity contribution >= 4 is 29.3 Å². The van der Waals surface area contributed by atoms with Crippen molar-refractivity contribution in [3.63, 3.8) is 0 Å². The monoisotopic (exact) mass is 570 g/mol. The molecule has 0 saturated carbocycles. The van der Waals surface area contributed by atoms with E-state index in [4.69, 9.17) is 16.3 Å². The number of carbonyl (C=O) groups excluding carboxylic acids is 3. The summed E-state index contributed by atoms with van der Waals surface area (Å²) in [6, 6.07) is 8.77. The van der Waals surface area contributed by atoms with Crippen molar-refractivity contribution in [2.24, 2.45) is 0 Å². The van der Waals surface area contributed by atoms with Gasteiger partial charge in [0.15, 0.2) is 0 Å². The van der Waals surface area contributed by atoms with Crippen LogP contribution in [0.1, 0.15) is 46.9 Å². The Hall–Kier alpha value is -3.99. The minimum atomic E-state index is -0.793. The average Bonchev–Trinajstić information content (AvgIpc) is 3.37. The maximum absolute atomic E-state index is 14.4. The van der Waals surface area contributed by atoms with Crippen molar-refractivity contribution in [2.45, 2.75) is 52.2 Å². The number of aryl methyl sites for hydroxylation is 2. The summed E-state index contributed by atoms with van der Waals surface area (Å²) in [4.78, 5) is 40.4. The third kappa shape index (κ3) is 7.56. The summed E-state index contributed by atoms with van der Waals surface area (Å²) in [6.45, 7) is 5.03. The van der Waals surface area contributed by atoms with Crippen LogP contribution in [0.4, 0.5) is 4.39 Å². The zero-order valence-corrected chi connectivity index (χ0v) is 23.2. The van der Waals surface area contributed by atoms with Crippen LogP contribution in [0, 0.1) is 12.7 Å². The molecule has 0 radical (unpaired) electrons. The Balaban J connectivity index is 1.51. The summed E-state index contributed by atoms with van der Waals surface area (Å²) in [5.74, 6) is -1.22. The van der Waals surface area contributed by atoms with E-state index in [1.165, 1.54) is 12.1 Å². The van der Waals surface area contributed by atoms with Gasteiger partial charge in [0.2, 0.25) is 11.8 Å². The molecule has 0 unspecified atom stereocenters. The van der Waals surface area contributed by atoms with E-state index < -0.39 is 17.8 Å². The molecule has 0 saturated heterocycles. The van der Waals surface area contributed by atoms with E-state index in [1.54, 1.807) is 40.9 Å². The first-order valence-corrected chi connectivity index (χ1v) is 13.5. The summed E-state index contributed by atoms with van der Waals surface area (Å²) < 4.78 is 21.9. The van der Waals surface area contributed by atoms with Crippen molar-refractivity contribution in [1.82, 2.24) is 30.5 Å². The molecule has 2 N–H and O–H groups in total. The first kappa shape index (κ1) is 29.0. The number of hydrogen-bond acceptors (Lipinski definition) is 6. The van der Waals surface area contributed by atoms with Crippen LogP contribution in [0.25, 0.3) is 0 Å². The van der Waals surface area contributed by atoms with E-state index in [0.717, 1.165) is 5.56 Å². The van der Waals surface area contributed by atoms with Crippen LogP contribution in [-0.2, 0) is 29.1 Å². The lowest BCUT2D eigenvalue weighted by Gasteiger charge is -2.22. The van der Waals surface area contributed by atoms with Crippen LogP contribution in [0.2, 0.25) is 5.02 Å². The zero-order valence-electron chi connectivity index (χ0n) is 22.5. The van der Waals surface area contributed by atoms with Gasteiger partial charge in [-0.25, -0.2) is 4.39 Å². The molecule has 3 aromatic rings. The molecule has 10 nitrogen and oxygen atoms in total. The Kier molecular flexibility index (Phi) is 9.70. The molecule has 1 atom stereocenters. The number of fused-ring (bicyclic) bond motifs is 3. The topological polar surface area (TPSA) is 118 Å². The van der Waals surface area contributed by atoms with Crippen molar-refractivity contribution in [1.29, 1.82) is 0 Å². The first-order valence-electron chi connectivity index (χ1n) is 13.1. The second kappa shape index (κ2) is 13.4. The number of hydrogen-bond donors (Lipinski definition) is 2. The number of amides is 3. The number of ether oxygens (including phenoxy) is 1. The molecule has 2 aromatic carbocycles. The van der Waals surface area contributed by atoms with Crippen LogP contribution < -0.4 is 15.4 Å². The van der Waals surface area contributed by atoms with Gasteiger partial charge in [-0.2, -0.15) is 0 Å². The van der Waals surface area contributed by atoms with Crippen molar-refractivity contribution < 1.29 is 23.5 Å². The molecule has 0 fully saturated rings. The second-order valence-electron chi connectivity index (χ2n) is 9.71. The fraction of sp³-hybridized carbons (Fsp3) is 0.393. The highest BCUT2D eigenvalue weighted by Gasteiger charge is 2.22. The fourth-order valence-electron chi connectivity index (χ4n) is 4.29. The predicted octanol–water partition coefficient (Wildman–Crippen LogP) is 3.06. The highest BCUT2D eigenvalue weighted by Crippen LogP contribution is 2.22. The molecule has 2 heterocycles. The number of halogens is 2. The van der Waals surface area contributed by atoms with Crippen LogP contribution in [0.3, 0.4) is 0 Å². The van der Waals surface area contributed by atoms with Gasteiger partial charge in [-0.1, -0.05) is 28.9 Å². The molecule has 1 aliphatic heterocycles. The lowest BCUT2D eigenvalue weighted by atomic mass is 10.1. The molecule has 40 heavy (non-hydrogen) atoms. The predicted molar refractivity (Wildman–Crippen MR) is 146 cm³/mol. The largest absolute Gasteiger partial charge is 0.493 e. The van der Waals surface area contributed by atoms with E-state index >= 15 is 0 Å². The minimum absolute atomic E-state index is 0.127. The quantitative estimate of drug-likeness (QED) is 0.489. The number of benzene rings is 2. The van der Waals surface area contributed by atoms with Gasteiger partial charge in [-0.15, -0.1) is 5.10 Å². The summed E-state index contributed by atoms with van der Waals surface area (Å²) in [5, 5.41) is 14.0. The molecular weight excluding hydrogens is 539 g/mol. The van der Waals surface area contributed by atoms with Gasteiger partial charge in [0.1, 0.15) is 23.3 Å². The van der Waals surface area contributed by atoms with Crippen LogP contribution in [0.5, 0.6) is 5.75 Å². The van der Waals surface area contributed by atoms with E-state index in [9.17, 15) is 18.8 Å². The number of nitrogens with zero attached hydrogens (tertiary/aromatic N) is 4.